The summed E-state index contributed by atoms with van der Waals surface area (Å²) in [5.74, 6) is -2.14. The Morgan fingerprint density at radius 1 is 1.49 bits per heavy atom. The fourth-order valence-electron chi connectivity index (χ4n) is 3.82. The summed E-state index contributed by atoms with van der Waals surface area (Å²) in [6, 6.07) is 1.04. The molecule has 2 aromatic rings. The second kappa shape index (κ2) is 10.4. The summed E-state index contributed by atoms with van der Waals surface area (Å²) in [5.41, 5.74) is 6.98. The van der Waals surface area contributed by atoms with Crippen molar-refractivity contribution in [1.82, 2.24) is 25.0 Å². The van der Waals surface area contributed by atoms with Crippen molar-refractivity contribution in [2.75, 3.05) is 18.6 Å². The Morgan fingerprint density at radius 3 is 3.00 bits per heavy atom. The average molecular weight is 581 g/mol. The minimum absolute atomic E-state index is 0.154. The van der Waals surface area contributed by atoms with Crippen molar-refractivity contribution in [2.45, 2.75) is 15.8 Å². The molecular formula is C20H20N8O5S4. The zero-order valence-corrected chi connectivity index (χ0v) is 22.6. The molecule has 3 aliphatic rings. The molecule has 17 heteroatoms. The molecule has 2 atom stereocenters. The summed E-state index contributed by atoms with van der Waals surface area (Å²) in [6.45, 7) is 0. The third kappa shape index (κ3) is 4.96. The van der Waals surface area contributed by atoms with Crippen molar-refractivity contribution in [3.8, 4) is 0 Å². The summed E-state index contributed by atoms with van der Waals surface area (Å²) in [5, 5.41) is 19.5. The van der Waals surface area contributed by atoms with Crippen molar-refractivity contribution in [2.24, 2.45) is 17.9 Å². The molecule has 5 heterocycles. The van der Waals surface area contributed by atoms with Crippen molar-refractivity contribution in [1.29, 1.82) is 0 Å². The number of hydrogen-bond donors (Lipinski definition) is 3. The number of nitrogens with zero attached hydrogens (tertiary/aromatic N) is 5. The number of fused-ring (bicyclic) bond motifs is 2. The average Bonchev–Trinajstić information content (AvgIpc) is 3.48. The maximum atomic E-state index is 13.0. The predicted molar refractivity (Wildman–Crippen MR) is 138 cm³/mol. The highest BCUT2D eigenvalue weighted by Crippen LogP contribution is 2.42. The molecule has 1 unspecified atom stereocenters. The molecule has 3 aliphatic heterocycles. The number of nitrogens with one attached hydrogen (secondary N) is 2. The van der Waals surface area contributed by atoms with Gasteiger partial charge in [0.15, 0.2) is 16.7 Å². The number of aryl methyl sites for hydroxylation is 1. The van der Waals surface area contributed by atoms with E-state index in [4.69, 9.17) is 10.6 Å². The van der Waals surface area contributed by atoms with Crippen LogP contribution in [0, 0.1) is 0 Å². The number of pyridine rings is 1. The van der Waals surface area contributed by atoms with Gasteiger partial charge in [-0.3, -0.25) is 14.5 Å². The molecule has 0 saturated carbocycles. The van der Waals surface area contributed by atoms with Crippen LogP contribution in [0.15, 0.2) is 50.5 Å². The number of thioether (sulfide) groups is 2. The Bertz CT molecular complexity index is 1390. The van der Waals surface area contributed by atoms with Gasteiger partial charge in [0.25, 0.3) is 17.6 Å². The molecule has 2 amide bonds. The number of carbonyl (C=O) groups excluding carboxylic acids is 3. The first-order chi connectivity index (χ1) is 17.8. The van der Waals surface area contributed by atoms with Crippen LogP contribution in [0.2, 0.25) is 0 Å². The molecule has 0 bridgehead atoms. The van der Waals surface area contributed by atoms with E-state index in [1.807, 2.05) is 30.1 Å². The van der Waals surface area contributed by atoms with E-state index in [1.165, 1.54) is 58.1 Å². The molecule has 0 spiro atoms. The molecule has 0 radical (unpaired) electrons. The van der Waals surface area contributed by atoms with E-state index in [0.29, 0.717) is 22.1 Å². The van der Waals surface area contributed by atoms with E-state index in [9.17, 15) is 19.5 Å². The summed E-state index contributed by atoms with van der Waals surface area (Å²) >= 11 is 5.37. The van der Waals surface area contributed by atoms with Crippen molar-refractivity contribution < 1.29 is 28.9 Å². The number of carbonyl (C=O) groups is 3. The van der Waals surface area contributed by atoms with Gasteiger partial charge in [-0.15, -0.1) is 23.1 Å². The Morgan fingerprint density at radius 2 is 2.30 bits per heavy atom. The molecule has 37 heavy (non-hydrogen) atoms. The van der Waals surface area contributed by atoms with Crippen molar-refractivity contribution in [3.63, 3.8) is 0 Å². The molecule has 2 aromatic heterocycles. The third-order valence-corrected chi connectivity index (χ3v) is 9.71. The monoisotopic (exact) mass is 580 g/mol. The van der Waals surface area contributed by atoms with Gasteiger partial charge in [-0.1, -0.05) is 16.9 Å². The number of aromatic nitrogens is 2. The fourth-order valence-corrected chi connectivity index (χ4v) is 7.84. The highest BCUT2D eigenvalue weighted by molar-refractivity contribution is 8.02. The van der Waals surface area contributed by atoms with Crippen LogP contribution in [0.4, 0.5) is 0 Å². The Hall–Kier alpha value is -2.99. The van der Waals surface area contributed by atoms with Crippen LogP contribution in [0.5, 0.6) is 0 Å². The first-order valence-corrected chi connectivity index (χ1v) is 14.3. The van der Waals surface area contributed by atoms with Gasteiger partial charge < -0.3 is 25.8 Å². The highest BCUT2D eigenvalue weighted by atomic mass is 32.2. The van der Waals surface area contributed by atoms with Crippen molar-refractivity contribution >= 4 is 80.6 Å². The molecule has 13 nitrogen and oxygen atoms in total. The van der Waals surface area contributed by atoms with Crippen LogP contribution in [0.25, 0.3) is 10.2 Å². The molecule has 0 aromatic carbocycles. The maximum Gasteiger partial charge on any atom is 0.292 e. The Kier molecular flexibility index (Phi) is 7.21. The van der Waals surface area contributed by atoms with Gasteiger partial charge in [0.2, 0.25) is 0 Å². The van der Waals surface area contributed by atoms with Crippen LogP contribution >= 0.6 is 46.8 Å². The molecule has 1 saturated heterocycles. The highest BCUT2D eigenvalue weighted by Gasteiger charge is 2.53. The van der Waals surface area contributed by atoms with Crippen LogP contribution in [0.3, 0.4) is 0 Å². The van der Waals surface area contributed by atoms with Gasteiger partial charge in [0.1, 0.15) is 36.1 Å². The number of hydrogen-bond acceptors (Lipinski definition) is 13. The standard InChI is InChI=1S/C20H20N8O5S4/c1-26-4-3-11-10(5-26)22-20(36-11)35-8-9-7-34-18-13(17(30)28(18)14(9)19(31)32)23-16(29)15(24-33-2)27-6-12(21)37-25-27/h3-6,13,18,25H,7-8,21H2,1-2H3,(H-,23,29,31,32)/b24-15-/t13?,18-/m0/s1. The lowest BCUT2D eigenvalue weighted by Gasteiger charge is -2.50. The number of carboxylic acid groups (broad SMARTS) is 1. The Labute approximate surface area is 227 Å². The normalized spacial score (nSPS) is 21.6. The number of hydrazine groups is 1. The Balaban J connectivity index is 1.29. The largest absolute Gasteiger partial charge is 0.543 e. The minimum atomic E-state index is -1.43. The lowest BCUT2D eigenvalue weighted by atomic mass is 10.0. The lowest BCUT2D eigenvalue weighted by Crippen LogP contribution is -2.72. The number of aliphatic carboxylic acids is 1. The van der Waals surface area contributed by atoms with Crippen LogP contribution in [-0.2, 0) is 26.3 Å². The van der Waals surface area contributed by atoms with Gasteiger partial charge >= 0.3 is 0 Å². The van der Waals surface area contributed by atoms with E-state index in [2.05, 4.69) is 20.3 Å². The topological polar surface area (TPSA) is 169 Å². The third-order valence-electron chi connectivity index (χ3n) is 5.47. The fraction of sp³-hybridized carbons (Fsp3) is 0.300. The second-order valence-electron chi connectivity index (χ2n) is 7.92. The molecule has 0 aliphatic carbocycles. The second-order valence-corrected chi connectivity index (χ2v) is 12.1. The zero-order chi connectivity index (χ0) is 26.3. The van der Waals surface area contributed by atoms with E-state index < -0.39 is 29.2 Å². The molecular weight excluding hydrogens is 561 g/mol. The molecule has 4 N–H and O–H groups in total. The van der Waals surface area contributed by atoms with E-state index >= 15 is 0 Å². The first-order valence-electron chi connectivity index (χ1n) is 10.6. The molecule has 194 valence electrons. The van der Waals surface area contributed by atoms with E-state index in [-0.39, 0.29) is 11.5 Å². The maximum absolute atomic E-state index is 13.0. The lowest BCUT2D eigenvalue weighted by molar-refractivity contribution is -0.670. The quantitative estimate of drug-likeness (QED) is 0.0711. The molecule has 1 fully saturated rings. The smallest absolute Gasteiger partial charge is 0.292 e. The number of nitrogens with two attached hydrogens (primary N) is 1. The van der Waals surface area contributed by atoms with Gasteiger partial charge in [-0.25, -0.2) is 14.6 Å². The number of rotatable bonds is 6. The zero-order valence-electron chi connectivity index (χ0n) is 19.4. The van der Waals surface area contributed by atoms with E-state index in [1.54, 1.807) is 0 Å². The summed E-state index contributed by atoms with van der Waals surface area (Å²) in [7, 11) is 3.19. The number of amidine groups is 1. The van der Waals surface area contributed by atoms with Crippen LogP contribution < -0.4 is 25.6 Å². The summed E-state index contributed by atoms with van der Waals surface area (Å²) in [6.07, 6.45) is 5.30. The number of β-lactam (4-membered cyclic amide) rings is 1. The van der Waals surface area contributed by atoms with E-state index in [0.717, 1.165) is 26.5 Å². The number of amides is 2. The number of thiazole rings is 1. The van der Waals surface area contributed by atoms with Crippen molar-refractivity contribution in [3.05, 3.63) is 41.0 Å². The SMILES string of the molecule is CO/N=C(/C(=O)NC1C(=O)N2C(C(=O)[O-])=C(CSc3nc4c[n+](C)ccc4s3)CS[C@@H]12)N1C=C(N)SN1. The van der Waals surface area contributed by atoms with Gasteiger partial charge in [0, 0.05) is 17.6 Å². The van der Waals surface area contributed by atoms with Gasteiger partial charge in [0.05, 0.1) is 22.6 Å². The number of oxime groups is 1. The van der Waals surface area contributed by atoms with Gasteiger partial charge in [-0.2, -0.15) is 4.83 Å². The summed E-state index contributed by atoms with van der Waals surface area (Å²) in [4.78, 5) is 51.2. The predicted octanol–water partition coefficient (Wildman–Crippen LogP) is -1.20. The minimum Gasteiger partial charge on any atom is -0.543 e. The first kappa shape index (κ1) is 25.7. The van der Waals surface area contributed by atoms with Crippen LogP contribution in [-0.4, -0.2) is 68.5 Å². The molecule has 5 rings (SSSR count). The van der Waals surface area contributed by atoms with Crippen LogP contribution in [0.1, 0.15) is 0 Å². The summed E-state index contributed by atoms with van der Waals surface area (Å²) < 4.78 is 3.74. The number of carboxylic acids is 1. The van der Waals surface area contributed by atoms with Gasteiger partial charge in [-0.05, 0) is 17.5 Å².